The van der Waals surface area contributed by atoms with Gasteiger partial charge >= 0.3 is 0 Å². The van der Waals surface area contributed by atoms with Crippen LogP contribution in [0.3, 0.4) is 0 Å². The number of carbonyl (C=O) groups excluding carboxylic acids is 1. The van der Waals surface area contributed by atoms with Gasteiger partial charge in [0.15, 0.2) is 0 Å². The van der Waals surface area contributed by atoms with Gasteiger partial charge in [0.1, 0.15) is 17.3 Å². The van der Waals surface area contributed by atoms with Crippen LogP contribution in [0.15, 0.2) is 41.2 Å². The second-order valence-electron chi connectivity index (χ2n) is 7.12. The smallest absolute Gasteiger partial charge is 0.261 e. The number of nitrogens with one attached hydrogen (secondary N) is 1. The molecule has 0 bridgehead atoms. The molecule has 2 heterocycles. The lowest BCUT2D eigenvalue weighted by atomic mass is 10.1. The first-order valence-electron chi connectivity index (χ1n) is 9.58. The highest BCUT2D eigenvalue weighted by molar-refractivity contribution is 5.97. The van der Waals surface area contributed by atoms with Gasteiger partial charge in [0.2, 0.25) is 0 Å². The van der Waals surface area contributed by atoms with E-state index in [-0.39, 0.29) is 17.5 Å². The van der Waals surface area contributed by atoms with Crippen molar-refractivity contribution < 1.29 is 14.3 Å². The second kappa shape index (κ2) is 7.58. The van der Waals surface area contributed by atoms with E-state index in [1.807, 2.05) is 25.1 Å². The van der Waals surface area contributed by atoms with Crippen LogP contribution in [0.5, 0.6) is 11.5 Å². The van der Waals surface area contributed by atoms with Gasteiger partial charge in [0.25, 0.3) is 11.5 Å². The number of nitrogens with zero attached hydrogens (tertiary/aromatic N) is 2. The lowest BCUT2D eigenvalue weighted by Gasteiger charge is -2.18. The van der Waals surface area contributed by atoms with Crippen LogP contribution >= 0.6 is 0 Å². The highest BCUT2D eigenvalue weighted by Crippen LogP contribution is 2.29. The van der Waals surface area contributed by atoms with Gasteiger partial charge in [0, 0.05) is 24.1 Å². The number of rotatable bonds is 5. The lowest BCUT2D eigenvalue weighted by molar-refractivity contribution is 0.0939. The molecule has 0 fully saturated rings. The van der Waals surface area contributed by atoms with Gasteiger partial charge in [-0.05, 0) is 49.7 Å². The Balaban J connectivity index is 1.63. The zero-order chi connectivity index (χ0) is 20.5. The Hall–Kier alpha value is -3.35. The van der Waals surface area contributed by atoms with Crippen LogP contribution in [0.1, 0.15) is 41.1 Å². The van der Waals surface area contributed by atoms with Crippen molar-refractivity contribution in [2.75, 3.05) is 14.2 Å². The third-order valence-electron chi connectivity index (χ3n) is 5.33. The van der Waals surface area contributed by atoms with Gasteiger partial charge < -0.3 is 14.8 Å². The van der Waals surface area contributed by atoms with Crippen LogP contribution in [0.25, 0.3) is 10.9 Å². The van der Waals surface area contributed by atoms with E-state index in [0.29, 0.717) is 34.5 Å². The average Bonchev–Trinajstić information content (AvgIpc) is 3.21. The van der Waals surface area contributed by atoms with Crippen molar-refractivity contribution in [3.05, 3.63) is 63.7 Å². The molecule has 1 atom stereocenters. The van der Waals surface area contributed by atoms with E-state index in [4.69, 9.17) is 9.47 Å². The van der Waals surface area contributed by atoms with Gasteiger partial charge in [0.05, 0.1) is 31.2 Å². The van der Waals surface area contributed by atoms with E-state index < -0.39 is 0 Å². The zero-order valence-corrected chi connectivity index (χ0v) is 16.7. The molecular formula is C22H23N3O4. The van der Waals surface area contributed by atoms with Gasteiger partial charge in [-0.2, -0.15) is 0 Å². The predicted molar refractivity (Wildman–Crippen MR) is 110 cm³/mol. The van der Waals surface area contributed by atoms with Gasteiger partial charge in [-0.25, -0.2) is 4.98 Å². The number of amides is 1. The summed E-state index contributed by atoms with van der Waals surface area (Å²) in [6.07, 6.45) is 1.71. The number of benzene rings is 2. The topological polar surface area (TPSA) is 82.5 Å². The van der Waals surface area contributed by atoms with Crippen LogP contribution in [0.2, 0.25) is 0 Å². The number of fused-ring (bicyclic) bond motifs is 2. The van der Waals surface area contributed by atoms with Crippen LogP contribution in [0.4, 0.5) is 0 Å². The SMILES string of the molecule is COc1ccc(OC)c(C(C)NC(=O)c2ccc3c(=O)n4c(nc3c2)CCC4)c1. The predicted octanol–water partition coefficient (Wildman–Crippen LogP) is 2.85. The summed E-state index contributed by atoms with van der Waals surface area (Å²) < 4.78 is 12.4. The summed E-state index contributed by atoms with van der Waals surface area (Å²) >= 11 is 0. The van der Waals surface area contributed by atoms with E-state index >= 15 is 0 Å². The molecule has 1 unspecified atom stereocenters. The van der Waals surface area contributed by atoms with Crippen LogP contribution in [-0.4, -0.2) is 29.7 Å². The Morgan fingerprint density at radius 1 is 1.17 bits per heavy atom. The highest BCUT2D eigenvalue weighted by atomic mass is 16.5. The maximum Gasteiger partial charge on any atom is 0.261 e. The van der Waals surface area contributed by atoms with Crippen LogP contribution in [0, 0.1) is 0 Å². The molecule has 2 aromatic carbocycles. The molecule has 7 nitrogen and oxygen atoms in total. The minimum absolute atomic E-state index is 0.0380. The molecule has 0 saturated heterocycles. The number of hydrogen-bond donors (Lipinski definition) is 1. The van der Waals surface area contributed by atoms with E-state index in [2.05, 4.69) is 10.3 Å². The minimum Gasteiger partial charge on any atom is -0.497 e. The van der Waals surface area contributed by atoms with Gasteiger partial charge in [-0.3, -0.25) is 14.2 Å². The quantitative estimate of drug-likeness (QED) is 0.721. The number of hydrogen-bond acceptors (Lipinski definition) is 5. The van der Waals surface area contributed by atoms with Crippen molar-refractivity contribution in [2.45, 2.75) is 32.4 Å². The minimum atomic E-state index is -0.304. The number of ether oxygens (including phenoxy) is 2. The number of aryl methyl sites for hydroxylation is 1. The monoisotopic (exact) mass is 393 g/mol. The molecule has 0 spiro atoms. The Bertz CT molecular complexity index is 1150. The zero-order valence-electron chi connectivity index (χ0n) is 16.7. The largest absolute Gasteiger partial charge is 0.497 e. The normalized spacial score (nSPS) is 13.8. The molecule has 0 aliphatic carbocycles. The number of methoxy groups -OCH3 is 2. The molecule has 1 aromatic heterocycles. The Morgan fingerprint density at radius 3 is 2.76 bits per heavy atom. The first-order chi connectivity index (χ1) is 14.0. The Kier molecular flexibility index (Phi) is 4.96. The molecule has 7 heteroatoms. The summed E-state index contributed by atoms with van der Waals surface area (Å²) in [6, 6.07) is 10.2. The fraction of sp³-hybridized carbons (Fsp3) is 0.318. The van der Waals surface area contributed by atoms with Crippen molar-refractivity contribution in [3.63, 3.8) is 0 Å². The average molecular weight is 393 g/mol. The number of aromatic nitrogens is 2. The fourth-order valence-electron chi connectivity index (χ4n) is 3.76. The summed E-state index contributed by atoms with van der Waals surface area (Å²) in [7, 11) is 3.18. The molecule has 3 aromatic rings. The summed E-state index contributed by atoms with van der Waals surface area (Å²) in [5.41, 5.74) is 1.79. The number of carbonyl (C=O) groups is 1. The molecule has 4 rings (SSSR count). The molecule has 150 valence electrons. The third kappa shape index (κ3) is 3.44. The molecule has 1 aliphatic heterocycles. The van der Waals surface area contributed by atoms with Gasteiger partial charge in [-0.15, -0.1) is 0 Å². The fourth-order valence-corrected chi connectivity index (χ4v) is 3.76. The maximum atomic E-state index is 12.9. The highest BCUT2D eigenvalue weighted by Gasteiger charge is 2.19. The Labute approximate surface area is 168 Å². The van der Waals surface area contributed by atoms with Crippen molar-refractivity contribution >= 4 is 16.8 Å². The van der Waals surface area contributed by atoms with Crippen LogP contribution in [-0.2, 0) is 13.0 Å². The first kappa shape index (κ1) is 19.0. The summed E-state index contributed by atoms with van der Waals surface area (Å²) in [6.45, 7) is 2.59. The molecule has 0 saturated carbocycles. The van der Waals surface area contributed by atoms with Crippen molar-refractivity contribution in [3.8, 4) is 11.5 Å². The van der Waals surface area contributed by atoms with Crippen molar-refractivity contribution in [1.29, 1.82) is 0 Å². The first-order valence-corrected chi connectivity index (χ1v) is 9.58. The van der Waals surface area contributed by atoms with Crippen molar-refractivity contribution in [1.82, 2.24) is 14.9 Å². The molecule has 1 amide bonds. The van der Waals surface area contributed by atoms with Crippen LogP contribution < -0.4 is 20.3 Å². The van der Waals surface area contributed by atoms with Crippen molar-refractivity contribution in [2.24, 2.45) is 0 Å². The second-order valence-corrected chi connectivity index (χ2v) is 7.12. The molecule has 1 N–H and O–H groups in total. The maximum absolute atomic E-state index is 12.9. The van der Waals surface area contributed by atoms with E-state index in [0.717, 1.165) is 24.2 Å². The summed E-state index contributed by atoms with van der Waals surface area (Å²) in [5.74, 6) is 1.90. The Morgan fingerprint density at radius 2 is 2.00 bits per heavy atom. The van der Waals surface area contributed by atoms with E-state index in [1.165, 1.54) is 0 Å². The third-order valence-corrected chi connectivity index (χ3v) is 5.33. The molecule has 29 heavy (non-hydrogen) atoms. The molecule has 1 aliphatic rings. The lowest BCUT2D eigenvalue weighted by Crippen LogP contribution is -2.27. The molecular weight excluding hydrogens is 370 g/mol. The standard InChI is InChI=1S/C22H23N3O4/c1-13(17-12-15(28-2)7-9-19(17)29-3)23-21(26)14-6-8-16-18(11-14)24-20-5-4-10-25(20)22(16)27/h6-9,11-13H,4-5,10H2,1-3H3,(H,23,26). The molecule has 0 radical (unpaired) electrons. The summed E-state index contributed by atoms with van der Waals surface area (Å²) in [5, 5.41) is 3.52. The summed E-state index contributed by atoms with van der Waals surface area (Å²) in [4.78, 5) is 30.0. The van der Waals surface area contributed by atoms with Gasteiger partial charge in [-0.1, -0.05) is 0 Å². The van der Waals surface area contributed by atoms with E-state index in [1.54, 1.807) is 37.0 Å². The van der Waals surface area contributed by atoms with E-state index in [9.17, 15) is 9.59 Å².